The molecule has 3 aromatic carbocycles. The molecule has 0 radical (unpaired) electrons. The second-order valence-electron chi connectivity index (χ2n) is 6.99. The molecule has 150 valence electrons. The van der Waals surface area contributed by atoms with Crippen molar-refractivity contribution >= 4 is 46.3 Å². The summed E-state index contributed by atoms with van der Waals surface area (Å²) < 4.78 is 0. The quantitative estimate of drug-likeness (QED) is 0.522. The molecule has 0 atom stereocenters. The summed E-state index contributed by atoms with van der Waals surface area (Å²) in [6.45, 7) is 2.00. The van der Waals surface area contributed by atoms with Crippen molar-refractivity contribution in [3.63, 3.8) is 0 Å². The Hall–Kier alpha value is -3.08. The predicted molar refractivity (Wildman–Crippen MR) is 120 cm³/mol. The van der Waals surface area contributed by atoms with Crippen molar-refractivity contribution in [3.05, 3.63) is 105 Å². The summed E-state index contributed by atoms with van der Waals surface area (Å²) in [5.41, 5.74) is 3.50. The molecule has 6 heteroatoms. The molecule has 1 heterocycles. The minimum absolute atomic E-state index is 0.0907. The first kappa shape index (κ1) is 20.2. The molecule has 4 rings (SSSR count). The lowest BCUT2D eigenvalue weighted by Gasteiger charge is -2.16. The molecule has 0 fully saturated rings. The summed E-state index contributed by atoms with van der Waals surface area (Å²) in [5.74, 6) is -0.772. The SMILES string of the molecule is Cc1ccc(Cl)cc1NC1=C(c2ccccc2)C(=O)N(Cc2ccccc2Cl)C1=O. The van der Waals surface area contributed by atoms with E-state index in [0.29, 0.717) is 32.4 Å². The van der Waals surface area contributed by atoms with Gasteiger partial charge in [-0.1, -0.05) is 77.8 Å². The van der Waals surface area contributed by atoms with Gasteiger partial charge in [0.25, 0.3) is 11.8 Å². The maximum atomic E-state index is 13.3. The first-order valence-corrected chi connectivity index (χ1v) is 10.1. The Kier molecular flexibility index (Phi) is 5.62. The molecular formula is C24H18Cl2N2O2. The highest BCUT2D eigenvalue weighted by molar-refractivity contribution is 6.37. The molecule has 30 heavy (non-hydrogen) atoms. The Morgan fingerprint density at radius 2 is 1.57 bits per heavy atom. The number of aryl methyl sites for hydroxylation is 1. The van der Waals surface area contributed by atoms with Gasteiger partial charge in [-0.2, -0.15) is 0 Å². The second kappa shape index (κ2) is 8.34. The molecule has 0 spiro atoms. The lowest BCUT2D eigenvalue weighted by molar-refractivity contribution is -0.137. The molecular weight excluding hydrogens is 419 g/mol. The van der Waals surface area contributed by atoms with E-state index < -0.39 is 5.91 Å². The summed E-state index contributed by atoms with van der Waals surface area (Å²) in [7, 11) is 0. The number of rotatable bonds is 5. The van der Waals surface area contributed by atoms with Crippen molar-refractivity contribution in [3.8, 4) is 0 Å². The van der Waals surface area contributed by atoms with Crippen LogP contribution in [0.15, 0.2) is 78.5 Å². The van der Waals surface area contributed by atoms with Gasteiger partial charge in [0.2, 0.25) is 0 Å². The molecule has 3 aromatic rings. The number of nitrogens with zero attached hydrogens (tertiary/aromatic N) is 1. The van der Waals surface area contributed by atoms with E-state index in [9.17, 15) is 9.59 Å². The second-order valence-corrected chi connectivity index (χ2v) is 7.83. The summed E-state index contributed by atoms with van der Waals surface area (Å²) in [4.78, 5) is 27.9. The van der Waals surface area contributed by atoms with Gasteiger partial charge in [-0.15, -0.1) is 0 Å². The van der Waals surface area contributed by atoms with Crippen LogP contribution in [0.25, 0.3) is 5.57 Å². The number of carbonyl (C=O) groups excluding carboxylic acids is 2. The van der Waals surface area contributed by atoms with Crippen LogP contribution >= 0.6 is 23.2 Å². The standard InChI is InChI=1S/C24H18Cl2N2O2/c1-15-11-12-18(25)13-20(15)27-22-21(16-7-3-2-4-8-16)23(29)28(24(22)30)14-17-9-5-6-10-19(17)26/h2-13,27H,14H2,1H3. The van der Waals surface area contributed by atoms with E-state index in [2.05, 4.69) is 5.32 Å². The Morgan fingerprint density at radius 3 is 2.30 bits per heavy atom. The van der Waals surface area contributed by atoms with Gasteiger partial charge < -0.3 is 5.32 Å². The van der Waals surface area contributed by atoms with E-state index in [4.69, 9.17) is 23.2 Å². The van der Waals surface area contributed by atoms with E-state index in [-0.39, 0.29) is 18.1 Å². The molecule has 4 nitrogen and oxygen atoms in total. The third kappa shape index (κ3) is 3.84. The number of hydrogen-bond donors (Lipinski definition) is 1. The van der Waals surface area contributed by atoms with Crippen molar-refractivity contribution in [1.82, 2.24) is 4.90 Å². The van der Waals surface area contributed by atoms with E-state index >= 15 is 0 Å². The smallest absolute Gasteiger partial charge is 0.278 e. The van der Waals surface area contributed by atoms with Crippen LogP contribution in [0.2, 0.25) is 10.0 Å². The van der Waals surface area contributed by atoms with Gasteiger partial charge in [-0.25, -0.2) is 0 Å². The number of halogens is 2. The van der Waals surface area contributed by atoms with Crippen LogP contribution in [0, 0.1) is 6.92 Å². The molecule has 0 saturated heterocycles. The number of nitrogens with one attached hydrogen (secondary N) is 1. The minimum Gasteiger partial charge on any atom is -0.350 e. The number of amides is 2. The number of hydrogen-bond acceptors (Lipinski definition) is 3. The molecule has 0 unspecified atom stereocenters. The van der Waals surface area contributed by atoms with Crippen LogP contribution in [0.4, 0.5) is 5.69 Å². The van der Waals surface area contributed by atoms with Gasteiger partial charge in [0.15, 0.2) is 0 Å². The molecule has 0 bridgehead atoms. The Labute approximate surface area is 184 Å². The molecule has 0 aliphatic carbocycles. The summed E-state index contributed by atoms with van der Waals surface area (Å²) in [6, 6.07) is 21.7. The van der Waals surface area contributed by atoms with Crippen LogP contribution in [0.5, 0.6) is 0 Å². The molecule has 1 N–H and O–H groups in total. The summed E-state index contributed by atoms with van der Waals surface area (Å²) in [6.07, 6.45) is 0. The van der Waals surface area contributed by atoms with Crippen LogP contribution in [0.3, 0.4) is 0 Å². The molecule has 1 aliphatic heterocycles. The zero-order chi connectivity index (χ0) is 21.3. The zero-order valence-corrected chi connectivity index (χ0v) is 17.7. The van der Waals surface area contributed by atoms with Gasteiger partial charge in [0, 0.05) is 15.7 Å². The Bertz CT molecular complexity index is 1170. The third-order valence-corrected chi connectivity index (χ3v) is 5.58. The van der Waals surface area contributed by atoms with Crippen LogP contribution in [-0.2, 0) is 16.1 Å². The Morgan fingerprint density at radius 1 is 0.867 bits per heavy atom. The Balaban J connectivity index is 1.77. The minimum atomic E-state index is -0.404. The summed E-state index contributed by atoms with van der Waals surface area (Å²) >= 11 is 12.4. The topological polar surface area (TPSA) is 49.4 Å². The van der Waals surface area contributed by atoms with Crippen molar-refractivity contribution in [2.45, 2.75) is 13.5 Å². The lowest BCUT2D eigenvalue weighted by Crippen LogP contribution is -2.32. The monoisotopic (exact) mass is 436 g/mol. The van der Waals surface area contributed by atoms with E-state index in [1.54, 1.807) is 24.3 Å². The predicted octanol–water partition coefficient (Wildman–Crippen LogP) is 5.69. The molecule has 1 aliphatic rings. The normalized spacial score (nSPS) is 13.9. The van der Waals surface area contributed by atoms with Crippen molar-refractivity contribution in [2.24, 2.45) is 0 Å². The van der Waals surface area contributed by atoms with Crippen LogP contribution in [0.1, 0.15) is 16.7 Å². The van der Waals surface area contributed by atoms with E-state index in [1.807, 2.05) is 55.5 Å². The first-order chi connectivity index (χ1) is 14.5. The van der Waals surface area contributed by atoms with E-state index in [1.165, 1.54) is 4.90 Å². The number of anilines is 1. The van der Waals surface area contributed by atoms with Gasteiger partial charge in [0.05, 0.1) is 12.1 Å². The number of carbonyl (C=O) groups is 2. The van der Waals surface area contributed by atoms with Crippen LogP contribution < -0.4 is 5.32 Å². The highest BCUT2D eigenvalue weighted by Gasteiger charge is 2.39. The molecule has 0 aromatic heterocycles. The van der Waals surface area contributed by atoms with Gasteiger partial charge >= 0.3 is 0 Å². The number of benzene rings is 3. The summed E-state index contributed by atoms with van der Waals surface area (Å²) in [5, 5.41) is 4.20. The van der Waals surface area contributed by atoms with Gasteiger partial charge in [-0.05, 0) is 41.8 Å². The molecule has 2 amide bonds. The fourth-order valence-corrected chi connectivity index (χ4v) is 3.74. The van der Waals surface area contributed by atoms with E-state index in [0.717, 1.165) is 5.56 Å². The maximum absolute atomic E-state index is 13.3. The average molecular weight is 437 g/mol. The third-order valence-electron chi connectivity index (χ3n) is 4.98. The highest BCUT2D eigenvalue weighted by Crippen LogP contribution is 2.33. The molecule has 0 saturated carbocycles. The maximum Gasteiger partial charge on any atom is 0.278 e. The average Bonchev–Trinajstić information content (AvgIpc) is 2.97. The van der Waals surface area contributed by atoms with Crippen molar-refractivity contribution < 1.29 is 9.59 Å². The van der Waals surface area contributed by atoms with Crippen molar-refractivity contribution in [2.75, 3.05) is 5.32 Å². The highest BCUT2D eigenvalue weighted by atomic mass is 35.5. The fraction of sp³-hybridized carbons (Fsp3) is 0.0833. The van der Waals surface area contributed by atoms with Gasteiger partial charge in [0.1, 0.15) is 5.70 Å². The van der Waals surface area contributed by atoms with Crippen LogP contribution in [-0.4, -0.2) is 16.7 Å². The fourth-order valence-electron chi connectivity index (χ4n) is 3.37. The zero-order valence-electron chi connectivity index (χ0n) is 16.2. The number of imide groups is 1. The largest absolute Gasteiger partial charge is 0.350 e. The lowest BCUT2D eigenvalue weighted by atomic mass is 10.0. The van der Waals surface area contributed by atoms with Gasteiger partial charge in [-0.3, -0.25) is 14.5 Å². The first-order valence-electron chi connectivity index (χ1n) is 9.38. The van der Waals surface area contributed by atoms with Crippen molar-refractivity contribution in [1.29, 1.82) is 0 Å².